The monoisotopic (exact) mass is 643 g/mol. The summed E-state index contributed by atoms with van der Waals surface area (Å²) in [4.78, 5) is 18.3. The van der Waals surface area contributed by atoms with Gasteiger partial charge in [-0.3, -0.25) is 0 Å². The zero-order chi connectivity index (χ0) is 33.1. The topological polar surface area (TPSA) is 104 Å². The van der Waals surface area contributed by atoms with Crippen LogP contribution in [0.5, 0.6) is 17.6 Å². The fourth-order valence-electron chi connectivity index (χ4n) is 8.26. The Morgan fingerprint density at radius 3 is 2.62 bits per heavy atom. The van der Waals surface area contributed by atoms with Crippen LogP contribution in [0.1, 0.15) is 57.4 Å². The van der Waals surface area contributed by atoms with Crippen molar-refractivity contribution in [2.45, 2.75) is 63.5 Å². The van der Waals surface area contributed by atoms with Gasteiger partial charge in [-0.1, -0.05) is 18.4 Å². The Balaban J connectivity index is 1.43. The van der Waals surface area contributed by atoms with Crippen LogP contribution in [0.4, 0.5) is 14.6 Å². The number of β-amino-alcohol motifs (C(OH)–C–C–N with tert-alkyl or cyclic N) is 1. The highest BCUT2D eigenvalue weighted by atomic mass is 19.1. The molecular weight excluding hydrogens is 604 g/mol. The quantitative estimate of drug-likeness (QED) is 0.252. The van der Waals surface area contributed by atoms with Crippen LogP contribution in [0.3, 0.4) is 0 Å². The van der Waals surface area contributed by atoms with E-state index in [4.69, 9.17) is 20.9 Å². The molecule has 0 bridgehead atoms. The molecule has 4 aromatic rings. The molecule has 2 N–H and O–H groups in total. The van der Waals surface area contributed by atoms with Crippen molar-refractivity contribution < 1.29 is 28.5 Å². The molecule has 2 aliphatic heterocycles. The van der Waals surface area contributed by atoms with Gasteiger partial charge in [-0.25, -0.2) is 13.8 Å². The van der Waals surface area contributed by atoms with Gasteiger partial charge in [0.2, 0.25) is 5.88 Å². The van der Waals surface area contributed by atoms with Crippen molar-refractivity contribution in [1.29, 1.82) is 0 Å². The zero-order valence-electron chi connectivity index (χ0n) is 26.9. The fourth-order valence-corrected chi connectivity index (χ4v) is 8.26. The average molecular weight is 644 g/mol. The lowest BCUT2D eigenvalue weighted by Crippen LogP contribution is -2.50. The number of piperidine rings is 2. The van der Waals surface area contributed by atoms with E-state index in [2.05, 4.69) is 27.8 Å². The molecule has 3 aliphatic rings. The molecule has 11 heteroatoms. The molecule has 0 amide bonds. The summed E-state index contributed by atoms with van der Waals surface area (Å²) in [6, 6.07) is 5.83. The number of likely N-dealkylation sites (tertiary alicyclic amines) is 1. The first-order chi connectivity index (χ1) is 22.5. The molecule has 0 radical (unpaired) electrons. The Kier molecular flexibility index (Phi) is 7.84. The molecule has 2 aromatic carbocycles. The lowest BCUT2D eigenvalue weighted by molar-refractivity contribution is 0.0132. The summed E-state index contributed by atoms with van der Waals surface area (Å²) in [5.74, 6) is 1.09. The molecule has 1 saturated carbocycles. The summed E-state index contributed by atoms with van der Waals surface area (Å²) in [5.41, 5.74) is -1.35. The van der Waals surface area contributed by atoms with E-state index in [1.54, 1.807) is 6.92 Å². The van der Waals surface area contributed by atoms with Gasteiger partial charge in [-0.2, -0.15) is 9.97 Å². The Labute approximate surface area is 272 Å². The molecule has 9 nitrogen and oxygen atoms in total. The molecular formula is C36H39F2N5O4. The Hall–Kier alpha value is -4.27. The summed E-state index contributed by atoms with van der Waals surface area (Å²) in [6.07, 6.45) is 12.4. The lowest BCUT2D eigenvalue weighted by atomic mass is 9.76. The first-order valence-electron chi connectivity index (χ1n) is 16.2. The number of nitrogens with zero attached hydrogens (tertiary/aromatic N) is 5. The van der Waals surface area contributed by atoms with Crippen molar-refractivity contribution in [3.8, 4) is 41.2 Å². The Morgan fingerprint density at radius 1 is 1.06 bits per heavy atom. The second-order valence-electron chi connectivity index (χ2n) is 13.7. The van der Waals surface area contributed by atoms with Crippen molar-refractivity contribution in [2.24, 2.45) is 5.41 Å². The van der Waals surface area contributed by atoms with E-state index >= 15 is 4.39 Å². The minimum atomic E-state index is -0.991. The van der Waals surface area contributed by atoms with E-state index in [1.807, 2.05) is 4.90 Å². The second kappa shape index (κ2) is 11.8. The maximum atomic E-state index is 17.0. The number of anilines is 1. The number of fused-ring (bicyclic) bond motifs is 3. The van der Waals surface area contributed by atoms with Crippen LogP contribution in [0.25, 0.3) is 32.9 Å². The van der Waals surface area contributed by atoms with Crippen LogP contribution in [0, 0.1) is 29.4 Å². The van der Waals surface area contributed by atoms with Gasteiger partial charge in [0.25, 0.3) is 0 Å². The molecule has 47 heavy (non-hydrogen) atoms. The minimum Gasteiger partial charge on any atom is -0.508 e. The first-order valence-corrected chi connectivity index (χ1v) is 16.2. The number of aliphatic hydroxyl groups is 1. The molecule has 4 heterocycles. The SMILES string of the molecule is C#Cc1c(F)ccc2cc(O)cc(-c3nc(OC)c4c(N5CCC[C@@](C)(O)C5)nc(OC[C@]56CCC[C@H]5N(C)CCC6)nc4c3F)c12. The number of phenolic OH excluding ortho intramolecular Hbond substituents is 1. The smallest absolute Gasteiger partial charge is 0.319 e. The number of terminal acetylenes is 1. The number of hydrogen-bond acceptors (Lipinski definition) is 9. The fraction of sp³-hybridized carbons (Fsp3) is 0.472. The highest BCUT2D eigenvalue weighted by Gasteiger charge is 2.47. The molecule has 7 rings (SSSR count). The molecule has 3 fully saturated rings. The third kappa shape index (κ3) is 5.37. The van der Waals surface area contributed by atoms with E-state index < -0.39 is 17.2 Å². The van der Waals surface area contributed by atoms with Crippen LogP contribution in [-0.2, 0) is 0 Å². The van der Waals surface area contributed by atoms with E-state index in [0.717, 1.165) is 38.6 Å². The largest absolute Gasteiger partial charge is 0.508 e. The third-order valence-electron chi connectivity index (χ3n) is 10.4. The van der Waals surface area contributed by atoms with E-state index in [-0.39, 0.29) is 62.7 Å². The molecule has 2 aromatic heterocycles. The molecule has 1 aliphatic carbocycles. The van der Waals surface area contributed by atoms with E-state index in [1.165, 1.54) is 31.4 Å². The summed E-state index contributed by atoms with van der Waals surface area (Å²) < 4.78 is 44.1. The first kappa shape index (κ1) is 31.3. The number of hydrogen-bond donors (Lipinski definition) is 2. The Bertz CT molecular complexity index is 1930. The van der Waals surface area contributed by atoms with Gasteiger partial charge in [0.05, 0.1) is 24.9 Å². The standard InChI is InChI=1S/C36H39F2N5O4/c1-5-23-25(37)11-10-21-17-22(44)18-24(27(21)23)30-29(38)31-28(33(39-30)46-4)32(43-16-7-12-35(2,45)19-43)41-34(40-31)47-20-36-13-6-9-26(36)42(3)15-8-14-36/h1,10-11,17-18,26,44-45H,6-9,12-16,19-20H2,2-4H3/t26-,35-,36-/m1/s1. The normalized spacial score (nSPS) is 24.8. The summed E-state index contributed by atoms with van der Waals surface area (Å²) in [7, 11) is 3.57. The molecule has 3 atom stereocenters. The number of methoxy groups -OCH3 is 1. The highest BCUT2D eigenvalue weighted by Crippen LogP contribution is 2.48. The number of halogens is 2. The third-order valence-corrected chi connectivity index (χ3v) is 10.4. The maximum absolute atomic E-state index is 17.0. The molecule has 0 spiro atoms. The number of aromatic nitrogens is 3. The molecule has 2 saturated heterocycles. The lowest BCUT2D eigenvalue weighted by Gasteiger charge is -2.44. The van der Waals surface area contributed by atoms with Crippen LogP contribution in [0.15, 0.2) is 24.3 Å². The highest BCUT2D eigenvalue weighted by molar-refractivity contribution is 6.04. The van der Waals surface area contributed by atoms with Crippen molar-refractivity contribution in [1.82, 2.24) is 19.9 Å². The van der Waals surface area contributed by atoms with Gasteiger partial charge in [0.15, 0.2) is 5.82 Å². The summed E-state index contributed by atoms with van der Waals surface area (Å²) in [6.45, 7) is 4.02. The number of pyridine rings is 1. The van der Waals surface area contributed by atoms with Crippen molar-refractivity contribution in [3.05, 3.63) is 41.5 Å². The van der Waals surface area contributed by atoms with Crippen LogP contribution < -0.4 is 14.4 Å². The van der Waals surface area contributed by atoms with E-state index in [0.29, 0.717) is 43.2 Å². The summed E-state index contributed by atoms with van der Waals surface area (Å²) in [5, 5.41) is 22.5. The van der Waals surface area contributed by atoms with E-state index in [9.17, 15) is 14.6 Å². The Morgan fingerprint density at radius 2 is 1.85 bits per heavy atom. The molecule has 246 valence electrons. The number of phenols is 1. The van der Waals surface area contributed by atoms with Crippen molar-refractivity contribution in [3.63, 3.8) is 0 Å². The second-order valence-corrected chi connectivity index (χ2v) is 13.7. The molecule has 0 unspecified atom stereocenters. The number of benzene rings is 2. The summed E-state index contributed by atoms with van der Waals surface area (Å²) >= 11 is 0. The van der Waals surface area contributed by atoms with Gasteiger partial charge in [-0.15, -0.1) is 6.42 Å². The van der Waals surface area contributed by atoms with Gasteiger partial charge in [-0.05, 0) is 82.6 Å². The van der Waals surface area contributed by atoms with Crippen LogP contribution in [0.2, 0.25) is 0 Å². The van der Waals surface area contributed by atoms with Gasteiger partial charge in [0.1, 0.15) is 34.0 Å². The minimum absolute atomic E-state index is 0.0141. The number of rotatable bonds is 6. The van der Waals surface area contributed by atoms with Crippen LogP contribution in [-0.4, -0.2) is 82.1 Å². The van der Waals surface area contributed by atoms with Gasteiger partial charge < -0.3 is 29.5 Å². The van der Waals surface area contributed by atoms with Crippen molar-refractivity contribution >= 4 is 27.5 Å². The predicted molar refractivity (Wildman–Crippen MR) is 176 cm³/mol. The van der Waals surface area contributed by atoms with Gasteiger partial charge >= 0.3 is 6.01 Å². The van der Waals surface area contributed by atoms with Crippen LogP contribution >= 0.6 is 0 Å². The maximum Gasteiger partial charge on any atom is 0.319 e. The average Bonchev–Trinajstić information content (AvgIpc) is 3.49. The van der Waals surface area contributed by atoms with Gasteiger partial charge in [0, 0.05) is 35.5 Å². The number of ether oxygens (including phenoxy) is 2. The predicted octanol–water partition coefficient (Wildman–Crippen LogP) is 5.81. The number of aromatic hydroxyl groups is 1. The zero-order valence-corrected chi connectivity index (χ0v) is 26.9. The van der Waals surface area contributed by atoms with Crippen molar-refractivity contribution in [2.75, 3.05) is 45.3 Å².